The van der Waals surface area contributed by atoms with Gasteiger partial charge in [-0.15, -0.1) is 0 Å². The summed E-state index contributed by atoms with van der Waals surface area (Å²) in [5.74, 6) is -0.727. The molecule has 0 atom stereocenters. The molecule has 0 heterocycles. The molecule has 2 aromatic carbocycles. The van der Waals surface area contributed by atoms with E-state index >= 15 is 0 Å². The van der Waals surface area contributed by atoms with Crippen molar-refractivity contribution in [3.8, 4) is 0 Å². The summed E-state index contributed by atoms with van der Waals surface area (Å²) in [5.41, 5.74) is 0.625. The van der Waals surface area contributed by atoms with Gasteiger partial charge in [0.2, 0.25) is 15.9 Å². The number of benzene rings is 2. The monoisotopic (exact) mass is 370 g/mol. The van der Waals surface area contributed by atoms with Crippen LogP contribution in [0.4, 0.5) is 4.39 Å². The number of sulfonamides is 1. The third kappa shape index (κ3) is 5.30. The first kappa shape index (κ1) is 18.4. The quantitative estimate of drug-likeness (QED) is 0.786. The van der Waals surface area contributed by atoms with Gasteiger partial charge in [-0.05, 0) is 29.8 Å². The van der Waals surface area contributed by atoms with Crippen LogP contribution in [0.2, 0.25) is 5.02 Å². The zero-order valence-corrected chi connectivity index (χ0v) is 14.2. The van der Waals surface area contributed by atoms with E-state index in [1.54, 1.807) is 24.3 Å². The molecule has 1 amide bonds. The van der Waals surface area contributed by atoms with Gasteiger partial charge in [0, 0.05) is 19.5 Å². The van der Waals surface area contributed by atoms with Gasteiger partial charge in [-0.25, -0.2) is 17.5 Å². The molecule has 0 aliphatic heterocycles. The largest absolute Gasteiger partial charge is 0.352 e. The molecular formula is C16H16ClFN2O3S. The maximum Gasteiger partial charge on any atom is 0.242 e. The zero-order chi connectivity index (χ0) is 17.6. The molecule has 0 spiro atoms. The highest BCUT2D eigenvalue weighted by Crippen LogP contribution is 2.19. The van der Waals surface area contributed by atoms with E-state index in [0.29, 0.717) is 5.56 Å². The maximum absolute atomic E-state index is 13.0. The van der Waals surface area contributed by atoms with E-state index in [0.717, 1.165) is 0 Å². The molecule has 2 rings (SSSR count). The van der Waals surface area contributed by atoms with Gasteiger partial charge in [0.15, 0.2) is 0 Å². The van der Waals surface area contributed by atoms with Gasteiger partial charge in [-0.3, -0.25) is 4.79 Å². The molecular weight excluding hydrogens is 355 g/mol. The van der Waals surface area contributed by atoms with Crippen LogP contribution in [0.15, 0.2) is 53.4 Å². The molecule has 0 fully saturated rings. The van der Waals surface area contributed by atoms with Crippen LogP contribution >= 0.6 is 11.6 Å². The van der Waals surface area contributed by atoms with Gasteiger partial charge >= 0.3 is 0 Å². The minimum atomic E-state index is -3.77. The van der Waals surface area contributed by atoms with Crippen molar-refractivity contribution in [2.45, 2.75) is 17.9 Å². The Morgan fingerprint density at radius 1 is 1.12 bits per heavy atom. The first-order chi connectivity index (χ1) is 11.4. The van der Waals surface area contributed by atoms with Gasteiger partial charge in [-0.2, -0.15) is 0 Å². The highest BCUT2D eigenvalue weighted by molar-refractivity contribution is 7.89. The van der Waals surface area contributed by atoms with Gasteiger partial charge < -0.3 is 5.32 Å². The Morgan fingerprint density at radius 3 is 2.58 bits per heavy atom. The maximum atomic E-state index is 13.0. The molecule has 0 aliphatic carbocycles. The van der Waals surface area contributed by atoms with Crippen LogP contribution in [0.1, 0.15) is 12.0 Å². The molecule has 0 unspecified atom stereocenters. The number of hydrogen-bond acceptors (Lipinski definition) is 3. The highest BCUT2D eigenvalue weighted by atomic mass is 35.5. The van der Waals surface area contributed by atoms with Crippen LogP contribution in [0, 0.1) is 5.82 Å². The average molecular weight is 371 g/mol. The number of carbonyl (C=O) groups is 1. The molecule has 8 heteroatoms. The lowest BCUT2D eigenvalue weighted by molar-refractivity contribution is -0.121. The number of rotatable bonds is 7. The van der Waals surface area contributed by atoms with Crippen molar-refractivity contribution in [2.24, 2.45) is 0 Å². The molecule has 0 radical (unpaired) electrons. The fourth-order valence-corrected chi connectivity index (χ4v) is 3.52. The van der Waals surface area contributed by atoms with Crippen LogP contribution in [0.5, 0.6) is 0 Å². The normalized spacial score (nSPS) is 11.2. The van der Waals surface area contributed by atoms with Gasteiger partial charge in [-0.1, -0.05) is 35.9 Å². The minimum Gasteiger partial charge on any atom is -0.352 e. The predicted molar refractivity (Wildman–Crippen MR) is 89.5 cm³/mol. The summed E-state index contributed by atoms with van der Waals surface area (Å²) in [6.07, 6.45) is -0.0427. The average Bonchev–Trinajstić information content (AvgIpc) is 2.53. The second-order valence-corrected chi connectivity index (χ2v) is 7.13. The fraction of sp³-hybridized carbons (Fsp3) is 0.188. The standard InChI is InChI=1S/C16H16ClFN2O3S/c17-14-6-1-2-7-15(14)24(22,23)20-9-8-16(21)19-11-12-4-3-5-13(18)10-12/h1-7,10,20H,8-9,11H2,(H,19,21). The Kier molecular flexibility index (Phi) is 6.30. The first-order valence-electron chi connectivity index (χ1n) is 7.14. The van der Waals surface area contributed by atoms with E-state index in [-0.39, 0.29) is 41.2 Å². The summed E-state index contributed by atoms with van der Waals surface area (Å²) in [7, 11) is -3.77. The number of amides is 1. The molecule has 5 nitrogen and oxygen atoms in total. The van der Waals surface area contributed by atoms with Crippen molar-refractivity contribution in [3.63, 3.8) is 0 Å². The number of hydrogen-bond donors (Lipinski definition) is 2. The first-order valence-corrected chi connectivity index (χ1v) is 9.00. The lowest BCUT2D eigenvalue weighted by Crippen LogP contribution is -2.30. The van der Waals surface area contributed by atoms with Crippen molar-refractivity contribution < 1.29 is 17.6 Å². The van der Waals surface area contributed by atoms with Gasteiger partial charge in [0.25, 0.3) is 0 Å². The predicted octanol–water partition coefficient (Wildman–Crippen LogP) is 2.46. The van der Waals surface area contributed by atoms with Crippen LogP contribution < -0.4 is 10.0 Å². The van der Waals surface area contributed by atoms with Crippen LogP contribution in [0.3, 0.4) is 0 Å². The number of nitrogens with one attached hydrogen (secondary N) is 2. The van der Waals surface area contributed by atoms with Crippen LogP contribution in [0.25, 0.3) is 0 Å². The lowest BCUT2D eigenvalue weighted by Gasteiger charge is -2.09. The van der Waals surface area contributed by atoms with E-state index in [2.05, 4.69) is 10.0 Å². The van der Waals surface area contributed by atoms with Crippen molar-refractivity contribution in [1.29, 1.82) is 0 Å². The lowest BCUT2D eigenvalue weighted by atomic mass is 10.2. The molecule has 0 saturated heterocycles. The molecule has 0 aliphatic rings. The summed E-state index contributed by atoms with van der Waals surface area (Å²) in [6.45, 7) is 0.108. The molecule has 0 bridgehead atoms. The summed E-state index contributed by atoms with van der Waals surface area (Å²) in [4.78, 5) is 11.7. The third-order valence-corrected chi connectivity index (χ3v) is 5.11. The molecule has 0 aromatic heterocycles. The third-order valence-electron chi connectivity index (χ3n) is 3.15. The van der Waals surface area contributed by atoms with E-state index < -0.39 is 10.0 Å². The van der Waals surface area contributed by atoms with E-state index in [1.807, 2.05) is 0 Å². The Morgan fingerprint density at radius 2 is 1.88 bits per heavy atom. The summed E-state index contributed by atoms with van der Waals surface area (Å²) >= 11 is 5.85. The van der Waals surface area contributed by atoms with E-state index in [4.69, 9.17) is 11.6 Å². The smallest absolute Gasteiger partial charge is 0.242 e. The second-order valence-electron chi connectivity index (χ2n) is 4.98. The van der Waals surface area contributed by atoms with Crippen molar-refractivity contribution in [2.75, 3.05) is 6.54 Å². The van der Waals surface area contributed by atoms with Gasteiger partial charge in [0.1, 0.15) is 10.7 Å². The molecule has 2 N–H and O–H groups in total. The summed E-state index contributed by atoms with van der Waals surface area (Å²) in [6, 6.07) is 11.9. The molecule has 24 heavy (non-hydrogen) atoms. The van der Waals surface area contributed by atoms with Crippen molar-refractivity contribution in [1.82, 2.24) is 10.0 Å². The van der Waals surface area contributed by atoms with E-state index in [1.165, 1.54) is 24.3 Å². The molecule has 2 aromatic rings. The summed E-state index contributed by atoms with van der Waals surface area (Å²) < 4.78 is 39.5. The molecule has 128 valence electrons. The van der Waals surface area contributed by atoms with Crippen LogP contribution in [-0.4, -0.2) is 20.9 Å². The van der Waals surface area contributed by atoms with Crippen molar-refractivity contribution >= 4 is 27.5 Å². The van der Waals surface area contributed by atoms with Crippen LogP contribution in [-0.2, 0) is 21.4 Å². The van der Waals surface area contributed by atoms with Crippen molar-refractivity contribution in [3.05, 3.63) is 64.9 Å². The zero-order valence-electron chi connectivity index (χ0n) is 12.6. The van der Waals surface area contributed by atoms with E-state index in [9.17, 15) is 17.6 Å². The second kappa shape index (κ2) is 8.23. The number of halogens is 2. The number of carbonyl (C=O) groups excluding carboxylic acids is 1. The van der Waals surface area contributed by atoms with Gasteiger partial charge in [0.05, 0.1) is 5.02 Å². The Hall–Kier alpha value is -1.96. The topological polar surface area (TPSA) is 75.3 Å². The Bertz CT molecular complexity index is 828. The Balaban J connectivity index is 1.81. The molecule has 0 saturated carbocycles. The SMILES string of the molecule is O=C(CCNS(=O)(=O)c1ccccc1Cl)NCc1cccc(F)c1. The summed E-state index contributed by atoms with van der Waals surface area (Å²) in [5, 5.41) is 2.71. The Labute approximate surface area is 144 Å². The fourth-order valence-electron chi connectivity index (χ4n) is 1.98. The highest BCUT2D eigenvalue weighted by Gasteiger charge is 2.17. The minimum absolute atomic E-state index is 0.0353.